The van der Waals surface area contributed by atoms with Gasteiger partial charge < -0.3 is 10.2 Å². The molecule has 1 fully saturated rings. The Morgan fingerprint density at radius 1 is 1.61 bits per heavy atom. The predicted octanol–water partition coefficient (Wildman–Crippen LogP) is 1.08. The summed E-state index contributed by atoms with van der Waals surface area (Å²) >= 11 is 0. The van der Waals surface area contributed by atoms with Gasteiger partial charge in [-0.15, -0.1) is 0 Å². The van der Waals surface area contributed by atoms with Gasteiger partial charge >= 0.3 is 0 Å². The zero-order valence-corrected chi connectivity index (χ0v) is 10.8. The van der Waals surface area contributed by atoms with Gasteiger partial charge in [-0.1, -0.05) is 6.58 Å². The van der Waals surface area contributed by atoms with Gasteiger partial charge in [-0.05, 0) is 12.8 Å². The molecule has 1 aromatic heterocycles. The summed E-state index contributed by atoms with van der Waals surface area (Å²) < 4.78 is 1.70. The highest BCUT2D eigenvalue weighted by Crippen LogP contribution is 2.11. The summed E-state index contributed by atoms with van der Waals surface area (Å²) in [6.07, 6.45) is 7.53. The van der Waals surface area contributed by atoms with E-state index in [1.54, 1.807) is 17.8 Å². The maximum Gasteiger partial charge on any atom is 0.219 e. The SMILES string of the molecule is C=Cn1cc(CNC2CCN(C(C)=O)CC2)cn1. The molecule has 1 N–H and O–H groups in total. The van der Waals surface area contributed by atoms with E-state index in [1.807, 2.05) is 17.3 Å². The van der Waals surface area contributed by atoms with Crippen molar-refractivity contribution in [3.63, 3.8) is 0 Å². The number of amides is 1. The normalized spacial score (nSPS) is 16.8. The number of hydrogen-bond acceptors (Lipinski definition) is 3. The Hall–Kier alpha value is -1.62. The Morgan fingerprint density at radius 3 is 2.89 bits per heavy atom. The topological polar surface area (TPSA) is 50.2 Å². The lowest BCUT2D eigenvalue weighted by Gasteiger charge is -2.31. The van der Waals surface area contributed by atoms with Gasteiger partial charge in [0.25, 0.3) is 0 Å². The quantitative estimate of drug-likeness (QED) is 0.867. The lowest BCUT2D eigenvalue weighted by Crippen LogP contribution is -2.43. The van der Waals surface area contributed by atoms with Crippen molar-refractivity contribution in [3.05, 3.63) is 24.5 Å². The molecule has 1 aliphatic rings. The van der Waals surface area contributed by atoms with Crippen molar-refractivity contribution in [1.82, 2.24) is 20.0 Å². The van der Waals surface area contributed by atoms with E-state index in [0.717, 1.165) is 38.0 Å². The van der Waals surface area contributed by atoms with Crippen LogP contribution in [-0.4, -0.2) is 39.7 Å². The zero-order valence-electron chi connectivity index (χ0n) is 10.8. The summed E-state index contributed by atoms with van der Waals surface area (Å²) in [4.78, 5) is 13.1. The number of hydrogen-bond donors (Lipinski definition) is 1. The smallest absolute Gasteiger partial charge is 0.219 e. The van der Waals surface area contributed by atoms with Crippen LogP contribution in [0.4, 0.5) is 0 Å². The third-order valence-electron chi connectivity index (χ3n) is 3.38. The maximum atomic E-state index is 11.2. The Kier molecular flexibility index (Phi) is 4.15. The monoisotopic (exact) mass is 248 g/mol. The molecule has 2 rings (SSSR count). The molecular formula is C13H20N4O. The van der Waals surface area contributed by atoms with Crippen molar-refractivity contribution < 1.29 is 4.79 Å². The molecule has 5 heteroatoms. The van der Waals surface area contributed by atoms with Crippen LogP contribution >= 0.6 is 0 Å². The second-order valence-electron chi connectivity index (χ2n) is 4.67. The van der Waals surface area contributed by atoms with Crippen LogP contribution < -0.4 is 5.32 Å². The molecule has 1 amide bonds. The first-order valence-corrected chi connectivity index (χ1v) is 6.33. The van der Waals surface area contributed by atoms with E-state index in [9.17, 15) is 4.79 Å². The van der Waals surface area contributed by atoms with Crippen LogP contribution in [0.2, 0.25) is 0 Å². The highest BCUT2D eigenvalue weighted by atomic mass is 16.2. The van der Waals surface area contributed by atoms with Crippen molar-refractivity contribution >= 4 is 12.1 Å². The minimum Gasteiger partial charge on any atom is -0.343 e. The lowest BCUT2D eigenvalue weighted by atomic mass is 10.0. The van der Waals surface area contributed by atoms with Crippen LogP contribution in [0.25, 0.3) is 6.20 Å². The van der Waals surface area contributed by atoms with Crippen LogP contribution in [0.1, 0.15) is 25.3 Å². The Balaban J connectivity index is 1.75. The molecule has 2 heterocycles. The number of aromatic nitrogens is 2. The van der Waals surface area contributed by atoms with Crippen LogP contribution in [0, 0.1) is 0 Å². The number of likely N-dealkylation sites (tertiary alicyclic amines) is 1. The van der Waals surface area contributed by atoms with E-state index in [0.29, 0.717) is 6.04 Å². The number of carbonyl (C=O) groups excluding carboxylic acids is 1. The highest BCUT2D eigenvalue weighted by molar-refractivity contribution is 5.73. The average Bonchev–Trinajstić information content (AvgIpc) is 2.85. The van der Waals surface area contributed by atoms with E-state index in [4.69, 9.17) is 0 Å². The fraction of sp³-hybridized carbons (Fsp3) is 0.538. The van der Waals surface area contributed by atoms with Gasteiger partial charge in [0.15, 0.2) is 0 Å². The van der Waals surface area contributed by atoms with Crippen LogP contribution in [0.3, 0.4) is 0 Å². The number of piperidine rings is 1. The predicted molar refractivity (Wildman–Crippen MR) is 70.7 cm³/mol. The molecule has 0 spiro atoms. The number of nitrogens with zero attached hydrogens (tertiary/aromatic N) is 3. The molecule has 0 aromatic carbocycles. The zero-order chi connectivity index (χ0) is 13.0. The van der Waals surface area contributed by atoms with Crippen LogP contribution in [-0.2, 0) is 11.3 Å². The molecular weight excluding hydrogens is 228 g/mol. The highest BCUT2D eigenvalue weighted by Gasteiger charge is 2.19. The van der Waals surface area contributed by atoms with Gasteiger partial charge in [-0.2, -0.15) is 5.10 Å². The minimum atomic E-state index is 0.181. The molecule has 0 unspecified atom stereocenters. The minimum absolute atomic E-state index is 0.181. The van der Waals surface area contributed by atoms with E-state index in [-0.39, 0.29) is 5.91 Å². The Morgan fingerprint density at radius 2 is 2.33 bits per heavy atom. The molecule has 18 heavy (non-hydrogen) atoms. The fourth-order valence-electron chi connectivity index (χ4n) is 2.23. The van der Waals surface area contributed by atoms with Gasteiger partial charge in [0, 0.05) is 50.6 Å². The third-order valence-corrected chi connectivity index (χ3v) is 3.38. The first-order valence-electron chi connectivity index (χ1n) is 6.33. The molecule has 98 valence electrons. The van der Waals surface area contributed by atoms with Crippen molar-refractivity contribution in [2.45, 2.75) is 32.4 Å². The Labute approximate surface area is 107 Å². The first kappa shape index (κ1) is 12.8. The standard InChI is InChI=1S/C13H20N4O/c1-3-17-10-12(9-15-17)8-14-13-4-6-16(7-5-13)11(2)18/h3,9-10,13-14H,1,4-8H2,2H3. The number of carbonyl (C=O) groups is 1. The Bertz CT molecular complexity index is 418. The van der Waals surface area contributed by atoms with Crippen LogP contribution in [0.15, 0.2) is 19.0 Å². The molecule has 1 aromatic rings. The van der Waals surface area contributed by atoms with Gasteiger partial charge in [0.2, 0.25) is 5.91 Å². The maximum absolute atomic E-state index is 11.2. The summed E-state index contributed by atoms with van der Waals surface area (Å²) in [5.41, 5.74) is 1.16. The van der Waals surface area contributed by atoms with Crippen molar-refractivity contribution in [3.8, 4) is 0 Å². The van der Waals surface area contributed by atoms with Gasteiger partial charge in [0.05, 0.1) is 6.20 Å². The van der Waals surface area contributed by atoms with Gasteiger partial charge in [0.1, 0.15) is 0 Å². The third kappa shape index (κ3) is 3.20. The van der Waals surface area contributed by atoms with Crippen molar-refractivity contribution in [2.75, 3.05) is 13.1 Å². The van der Waals surface area contributed by atoms with Gasteiger partial charge in [-0.25, -0.2) is 4.68 Å². The fourth-order valence-corrected chi connectivity index (χ4v) is 2.23. The van der Waals surface area contributed by atoms with E-state index >= 15 is 0 Å². The second-order valence-corrected chi connectivity index (χ2v) is 4.67. The second kappa shape index (κ2) is 5.82. The average molecular weight is 248 g/mol. The molecule has 1 aliphatic heterocycles. The molecule has 1 saturated heterocycles. The van der Waals surface area contributed by atoms with Crippen molar-refractivity contribution in [2.24, 2.45) is 0 Å². The largest absolute Gasteiger partial charge is 0.343 e. The number of nitrogens with one attached hydrogen (secondary N) is 1. The molecule has 0 bridgehead atoms. The summed E-state index contributed by atoms with van der Waals surface area (Å²) in [7, 11) is 0. The lowest BCUT2D eigenvalue weighted by molar-refractivity contribution is -0.129. The first-order chi connectivity index (χ1) is 8.69. The van der Waals surface area contributed by atoms with E-state index in [1.165, 1.54) is 0 Å². The van der Waals surface area contributed by atoms with E-state index < -0.39 is 0 Å². The molecule has 0 atom stereocenters. The summed E-state index contributed by atoms with van der Waals surface area (Å²) in [5.74, 6) is 0.181. The van der Waals surface area contributed by atoms with Crippen molar-refractivity contribution in [1.29, 1.82) is 0 Å². The van der Waals surface area contributed by atoms with Gasteiger partial charge in [-0.3, -0.25) is 4.79 Å². The number of rotatable bonds is 4. The summed E-state index contributed by atoms with van der Waals surface area (Å²) in [5, 5.41) is 7.65. The molecule has 5 nitrogen and oxygen atoms in total. The molecule has 0 radical (unpaired) electrons. The summed E-state index contributed by atoms with van der Waals surface area (Å²) in [6.45, 7) is 7.84. The summed E-state index contributed by atoms with van der Waals surface area (Å²) in [6, 6.07) is 0.493. The molecule has 0 aliphatic carbocycles. The van der Waals surface area contributed by atoms with Crippen LogP contribution in [0.5, 0.6) is 0 Å². The van der Waals surface area contributed by atoms with E-state index in [2.05, 4.69) is 17.0 Å². The molecule has 0 saturated carbocycles.